The summed E-state index contributed by atoms with van der Waals surface area (Å²) in [5.74, 6) is 1.83. The average Bonchev–Trinajstić information content (AvgIpc) is 3.03. The zero-order chi connectivity index (χ0) is 18.9. The molecule has 3 aromatic heterocycles. The summed E-state index contributed by atoms with van der Waals surface area (Å²) >= 11 is 6.43. The van der Waals surface area contributed by atoms with Crippen molar-refractivity contribution in [3.63, 3.8) is 0 Å². The van der Waals surface area contributed by atoms with Crippen LogP contribution in [0.1, 0.15) is 45.0 Å². The van der Waals surface area contributed by atoms with E-state index in [0.717, 1.165) is 11.9 Å². The summed E-state index contributed by atoms with van der Waals surface area (Å²) in [5.41, 5.74) is 2.18. The predicted octanol–water partition coefficient (Wildman–Crippen LogP) is 4.06. The van der Waals surface area contributed by atoms with Crippen molar-refractivity contribution >= 4 is 28.2 Å². The monoisotopic (exact) mass is 383 g/mol. The molecule has 2 atom stereocenters. The minimum atomic E-state index is -0.177. The molecule has 0 saturated heterocycles. The Morgan fingerprint density at radius 1 is 1.30 bits per heavy atom. The van der Waals surface area contributed by atoms with Crippen LogP contribution in [0.15, 0.2) is 33.8 Å². The lowest BCUT2D eigenvalue weighted by Crippen LogP contribution is -2.25. The Labute approximate surface area is 159 Å². The number of benzene rings is 1. The summed E-state index contributed by atoms with van der Waals surface area (Å²) in [6.45, 7) is 6.06. The molecule has 0 aliphatic heterocycles. The third-order valence-corrected chi connectivity index (χ3v) is 5.56. The molecule has 1 saturated carbocycles. The van der Waals surface area contributed by atoms with E-state index in [2.05, 4.69) is 22.0 Å². The number of fused-ring (bicyclic) bond motifs is 3. The Balaban J connectivity index is 1.82. The summed E-state index contributed by atoms with van der Waals surface area (Å²) in [5, 5.41) is 4.61. The maximum absolute atomic E-state index is 13.4. The van der Waals surface area contributed by atoms with Crippen LogP contribution in [0.5, 0.6) is 0 Å². The van der Waals surface area contributed by atoms with Crippen LogP contribution in [0.2, 0.25) is 5.02 Å². The molecule has 1 aliphatic carbocycles. The van der Waals surface area contributed by atoms with Gasteiger partial charge in [-0.05, 0) is 38.3 Å². The second kappa shape index (κ2) is 5.66. The topological polar surface area (TPSA) is 78.2 Å². The highest BCUT2D eigenvalue weighted by atomic mass is 35.5. The first-order valence-corrected chi connectivity index (χ1v) is 9.39. The number of rotatable bonds is 3. The number of hydrogen-bond acceptors (Lipinski definition) is 5. The predicted molar refractivity (Wildman–Crippen MR) is 102 cm³/mol. The maximum Gasteiger partial charge on any atom is 0.278 e. The third-order valence-electron chi connectivity index (χ3n) is 5.25. The molecule has 0 amide bonds. The first kappa shape index (κ1) is 16.5. The standard InChI is InChI=1S/C19H18ClN5O2/c1-9(2)25-15-12(20)5-4-6-13(15)24-8-21-14(16(24)19(25)26)17-22-18(27-23-17)11-7-10(11)3/h4-6,8-11H,7H2,1-3H3. The van der Waals surface area contributed by atoms with E-state index in [-0.39, 0.29) is 11.6 Å². The van der Waals surface area contributed by atoms with Gasteiger partial charge in [0.1, 0.15) is 17.5 Å². The molecule has 138 valence electrons. The second-order valence-corrected chi connectivity index (χ2v) is 7.87. The molecule has 7 nitrogen and oxygen atoms in total. The second-order valence-electron chi connectivity index (χ2n) is 7.46. The first-order valence-electron chi connectivity index (χ1n) is 9.01. The Morgan fingerprint density at radius 2 is 2.07 bits per heavy atom. The Morgan fingerprint density at radius 3 is 2.78 bits per heavy atom. The van der Waals surface area contributed by atoms with E-state index in [1.54, 1.807) is 21.4 Å². The average molecular weight is 384 g/mol. The van der Waals surface area contributed by atoms with Gasteiger partial charge in [0.25, 0.3) is 5.56 Å². The minimum Gasteiger partial charge on any atom is -0.339 e. The van der Waals surface area contributed by atoms with Crippen molar-refractivity contribution in [2.45, 2.75) is 39.2 Å². The van der Waals surface area contributed by atoms with Gasteiger partial charge in [-0.1, -0.05) is 29.7 Å². The quantitative estimate of drug-likeness (QED) is 0.533. The van der Waals surface area contributed by atoms with Crippen LogP contribution in [0.3, 0.4) is 0 Å². The molecule has 1 fully saturated rings. The van der Waals surface area contributed by atoms with Crippen LogP contribution in [-0.2, 0) is 0 Å². The van der Waals surface area contributed by atoms with Gasteiger partial charge in [-0.25, -0.2) is 4.98 Å². The van der Waals surface area contributed by atoms with Crippen LogP contribution in [0.25, 0.3) is 28.1 Å². The molecule has 0 N–H and O–H groups in total. The van der Waals surface area contributed by atoms with E-state index in [9.17, 15) is 4.79 Å². The number of halogens is 1. The number of imidazole rings is 1. The molecule has 8 heteroatoms. The van der Waals surface area contributed by atoms with Gasteiger partial charge in [0, 0.05) is 12.0 Å². The fourth-order valence-electron chi connectivity index (χ4n) is 3.69. The number of hydrogen-bond donors (Lipinski definition) is 0. The molecule has 1 aliphatic rings. The van der Waals surface area contributed by atoms with Crippen molar-refractivity contribution in [3.05, 3.63) is 45.8 Å². The van der Waals surface area contributed by atoms with Crippen molar-refractivity contribution in [1.29, 1.82) is 0 Å². The fourth-order valence-corrected chi connectivity index (χ4v) is 3.95. The summed E-state index contributed by atoms with van der Waals surface area (Å²) in [7, 11) is 0. The smallest absolute Gasteiger partial charge is 0.278 e. The van der Waals surface area contributed by atoms with Gasteiger partial charge in [-0.2, -0.15) is 4.98 Å². The molecular formula is C19H18ClN5O2. The zero-order valence-electron chi connectivity index (χ0n) is 15.2. The number of nitrogens with zero attached hydrogens (tertiary/aromatic N) is 5. The molecule has 0 spiro atoms. The van der Waals surface area contributed by atoms with Crippen LogP contribution in [-0.4, -0.2) is 24.1 Å². The Bertz CT molecular complexity index is 1250. The van der Waals surface area contributed by atoms with Crippen LogP contribution < -0.4 is 5.56 Å². The van der Waals surface area contributed by atoms with Crippen LogP contribution in [0, 0.1) is 5.92 Å². The van der Waals surface area contributed by atoms with Crippen molar-refractivity contribution in [1.82, 2.24) is 24.1 Å². The summed E-state index contributed by atoms with van der Waals surface area (Å²) in [6, 6.07) is 5.50. The summed E-state index contributed by atoms with van der Waals surface area (Å²) in [6.07, 6.45) is 2.67. The van der Waals surface area contributed by atoms with Crippen molar-refractivity contribution < 1.29 is 4.52 Å². The van der Waals surface area contributed by atoms with E-state index in [0.29, 0.717) is 45.3 Å². The zero-order valence-corrected chi connectivity index (χ0v) is 15.9. The van der Waals surface area contributed by atoms with Gasteiger partial charge in [0.15, 0.2) is 0 Å². The summed E-state index contributed by atoms with van der Waals surface area (Å²) < 4.78 is 8.87. The normalized spacial score (nSPS) is 19.4. The highest BCUT2D eigenvalue weighted by Crippen LogP contribution is 2.46. The van der Waals surface area contributed by atoms with E-state index in [4.69, 9.17) is 16.1 Å². The Hall–Kier alpha value is -2.67. The SMILES string of the molecule is CC1CC1c1nc(-c2ncn3c2c(=O)n(C(C)C)c2c(Cl)cccc23)no1. The number of para-hydroxylation sites is 1. The van der Waals surface area contributed by atoms with Crippen LogP contribution in [0.4, 0.5) is 0 Å². The molecule has 0 radical (unpaired) electrons. The molecular weight excluding hydrogens is 366 g/mol. The van der Waals surface area contributed by atoms with Gasteiger partial charge >= 0.3 is 0 Å². The number of aromatic nitrogens is 5. The van der Waals surface area contributed by atoms with E-state index in [1.807, 2.05) is 26.0 Å². The molecule has 2 unspecified atom stereocenters. The highest BCUT2D eigenvalue weighted by Gasteiger charge is 2.39. The van der Waals surface area contributed by atoms with Gasteiger partial charge in [0.05, 0.1) is 16.1 Å². The fraction of sp³-hybridized carbons (Fsp3) is 0.368. The van der Waals surface area contributed by atoms with E-state index >= 15 is 0 Å². The largest absolute Gasteiger partial charge is 0.339 e. The van der Waals surface area contributed by atoms with Gasteiger partial charge in [-0.15, -0.1) is 0 Å². The first-order chi connectivity index (χ1) is 13.0. The van der Waals surface area contributed by atoms with Crippen molar-refractivity contribution in [3.8, 4) is 11.5 Å². The minimum absolute atomic E-state index is 0.0687. The van der Waals surface area contributed by atoms with Crippen LogP contribution >= 0.6 is 11.6 Å². The molecule has 27 heavy (non-hydrogen) atoms. The van der Waals surface area contributed by atoms with Crippen molar-refractivity contribution in [2.24, 2.45) is 5.92 Å². The van der Waals surface area contributed by atoms with E-state index in [1.165, 1.54) is 0 Å². The van der Waals surface area contributed by atoms with E-state index < -0.39 is 0 Å². The maximum atomic E-state index is 13.4. The molecule has 4 aromatic rings. The lowest BCUT2D eigenvalue weighted by atomic mass is 10.2. The molecule has 3 heterocycles. The lowest BCUT2D eigenvalue weighted by Gasteiger charge is -2.16. The van der Waals surface area contributed by atoms with Crippen molar-refractivity contribution in [2.75, 3.05) is 0 Å². The highest BCUT2D eigenvalue weighted by molar-refractivity contribution is 6.35. The summed E-state index contributed by atoms with van der Waals surface area (Å²) in [4.78, 5) is 22.3. The third kappa shape index (κ3) is 2.34. The van der Waals surface area contributed by atoms with Gasteiger partial charge < -0.3 is 9.09 Å². The molecule has 0 bridgehead atoms. The Kier molecular flexibility index (Phi) is 3.46. The molecule has 1 aromatic carbocycles. The molecule has 5 rings (SSSR count). The van der Waals surface area contributed by atoms with Gasteiger partial charge in [0.2, 0.25) is 11.7 Å². The van der Waals surface area contributed by atoms with Gasteiger partial charge in [-0.3, -0.25) is 9.20 Å². The lowest BCUT2D eigenvalue weighted by molar-refractivity contribution is 0.376.